The van der Waals surface area contributed by atoms with Crippen molar-refractivity contribution in [3.05, 3.63) is 35.4 Å². The van der Waals surface area contributed by atoms with Crippen molar-refractivity contribution in [3.8, 4) is 0 Å². The van der Waals surface area contributed by atoms with Crippen LogP contribution in [0.5, 0.6) is 0 Å². The first-order valence-corrected chi connectivity index (χ1v) is 6.37. The standard InChI is InChI=1S/C15H21F2N/c1-14(2)13(15(14,3)4)18-9-10-5-7-11(8-6-10)12(16)17/h5-8,12-13,18H,9H2,1-4H3. The minimum absolute atomic E-state index is 0.0887. The molecule has 0 aromatic heterocycles. The molecule has 0 spiro atoms. The quantitative estimate of drug-likeness (QED) is 0.850. The van der Waals surface area contributed by atoms with Crippen LogP contribution < -0.4 is 5.32 Å². The average Bonchev–Trinajstić information content (AvgIpc) is 2.67. The Morgan fingerprint density at radius 3 is 1.94 bits per heavy atom. The third-order valence-electron chi connectivity index (χ3n) is 4.76. The van der Waals surface area contributed by atoms with Gasteiger partial charge in [0.25, 0.3) is 6.43 Å². The maximum absolute atomic E-state index is 12.4. The van der Waals surface area contributed by atoms with E-state index in [2.05, 4.69) is 33.0 Å². The van der Waals surface area contributed by atoms with Crippen molar-refractivity contribution in [2.24, 2.45) is 10.8 Å². The van der Waals surface area contributed by atoms with Gasteiger partial charge in [0, 0.05) is 18.2 Å². The summed E-state index contributed by atoms with van der Waals surface area (Å²) in [6, 6.07) is 7.04. The lowest BCUT2D eigenvalue weighted by Gasteiger charge is -2.07. The highest BCUT2D eigenvalue weighted by atomic mass is 19.3. The Morgan fingerprint density at radius 1 is 1.06 bits per heavy atom. The van der Waals surface area contributed by atoms with E-state index in [0.29, 0.717) is 16.9 Å². The molecule has 100 valence electrons. The molecule has 1 nitrogen and oxygen atoms in total. The van der Waals surface area contributed by atoms with E-state index < -0.39 is 6.43 Å². The fourth-order valence-corrected chi connectivity index (χ4v) is 2.71. The number of hydrogen-bond acceptors (Lipinski definition) is 1. The van der Waals surface area contributed by atoms with Crippen LogP contribution in [0.3, 0.4) is 0 Å². The molecule has 0 radical (unpaired) electrons. The van der Waals surface area contributed by atoms with Gasteiger partial charge in [0.1, 0.15) is 0 Å². The summed E-state index contributed by atoms with van der Waals surface area (Å²) in [5, 5.41) is 3.51. The lowest BCUT2D eigenvalue weighted by Crippen LogP contribution is -2.21. The molecule has 2 rings (SSSR count). The molecule has 1 fully saturated rings. The molecule has 0 heterocycles. The largest absolute Gasteiger partial charge is 0.309 e. The minimum Gasteiger partial charge on any atom is -0.309 e. The van der Waals surface area contributed by atoms with Crippen LogP contribution in [-0.2, 0) is 6.54 Å². The molecule has 0 bridgehead atoms. The maximum atomic E-state index is 12.4. The van der Waals surface area contributed by atoms with Crippen molar-refractivity contribution in [2.75, 3.05) is 0 Å². The Bertz CT molecular complexity index is 407. The maximum Gasteiger partial charge on any atom is 0.263 e. The summed E-state index contributed by atoms with van der Waals surface area (Å²) in [5.41, 5.74) is 1.75. The van der Waals surface area contributed by atoms with Crippen LogP contribution in [0.1, 0.15) is 45.2 Å². The SMILES string of the molecule is CC1(C)C(NCc2ccc(C(F)F)cc2)C1(C)C. The summed E-state index contributed by atoms with van der Waals surface area (Å²) >= 11 is 0. The third kappa shape index (κ3) is 2.16. The first-order valence-electron chi connectivity index (χ1n) is 6.37. The van der Waals surface area contributed by atoms with Gasteiger partial charge < -0.3 is 5.32 Å². The molecule has 1 aromatic carbocycles. The molecular weight excluding hydrogens is 232 g/mol. The van der Waals surface area contributed by atoms with Crippen molar-refractivity contribution in [2.45, 2.75) is 46.7 Å². The van der Waals surface area contributed by atoms with Crippen LogP contribution in [-0.4, -0.2) is 6.04 Å². The van der Waals surface area contributed by atoms with Crippen molar-refractivity contribution >= 4 is 0 Å². The van der Waals surface area contributed by atoms with Crippen LogP contribution in [0.4, 0.5) is 8.78 Å². The number of benzene rings is 1. The van der Waals surface area contributed by atoms with Crippen molar-refractivity contribution in [1.82, 2.24) is 5.32 Å². The second-order valence-corrected chi connectivity index (χ2v) is 6.30. The summed E-state index contributed by atoms with van der Waals surface area (Å²) in [6.45, 7) is 9.76. The first kappa shape index (κ1) is 13.5. The Labute approximate surface area is 108 Å². The summed E-state index contributed by atoms with van der Waals surface area (Å²) in [6.07, 6.45) is -2.38. The average molecular weight is 253 g/mol. The van der Waals surface area contributed by atoms with E-state index in [1.54, 1.807) is 12.1 Å². The monoisotopic (exact) mass is 253 g/mol. The Balaban J connectivity index is 1.92. The fraction of sp³-hybridized carbons (Fsp3) is 0.600. The Kier molecular flexibility index (Phi) is 3.22. The Hall–Kier alpha value is -0.960. The van der Waals surface area contributed by atoms with E-state index in [1.165, 1.54) is 12.1 Å². The van der Waals surface area contributed by atoms with Crippen LogP contribution in [0.15, 0.2) is 24.3 Å². The molecule has 0 amide bonds. The highest BCUT2D eigenvalue weighted by Gasteiger charge is 2.64. The van der Waals surface area contributed by atoms with Crippen molar-refractivity contribution in [3.63, 3.8) is 0 Å². The molecule has 0 atom stereocenters. The van der Waals surface area contributed by atoms with Crippen LogP contribution in [0.25, 0.3) is 0 Å². The van der Waals surface area contributed by atoms with Crippen LogP contribution >= 0.6 is 0 Å². The number of nitrogens with one attached hydrogen (secondary N) is 1. The van der Waals surface area contributed by atoms with E-state index in [-0.39, 0.29) is 5.56 Å². The second kappa shape index (κ2) is 4.30. The molecule has 0 aliphatic heterocycles. The van der Waals surface area contributed by atoms with Gasteiger partial charge in [-0.3, -0.25) is 0 Å². The zero-order valence-corrected chi connectivity index (χ0v) is 11.4. The zero-order valence-electron chi connectivity index (χ0n) is 11.4. The number of hydrogen-bond donors (Lipinski definition) is 1. The van der Waals surface area contributed by atoms with Gasteiger partial charge >= 0.3 is 0 Å². The Morgan fingerprint density at radius 2 is 1.56 bits per heavy atom. The van der Waals surface area contributed by atoms with Gasteiger partial charge in [0.2, 0.25) is 0 Å². The molecule has 1 aliphatic carbocycles. The topological polar surface area (TPSA) is 12.0 Å². The van der Waals surface area contributed by atoms with Gasteiger partial charge in [-0.2, -0.15) is 0 Å². The lowest BCUT2D eigenvalue weighted by molar-refractivity contribution is 0.151. The van der Waals surface area contributed by atoms with E-state index in [1.807, 2.05) is 0 Å². The molecular formula is C15H21F2N. The van der Waals surface area contributed by atoms with Gasteiger partial charge in [-0.25, -0.2) is 8.78 Å². The predicted octanol–water partition coefficient (Wildman–Crippen LogP) is 4.15. The normalized spacial score (nSPS) is 21.3. The summed E-state index contributed by atoms with van der Waals surface area (Å²) in [5.74, 6) is 0. The molecule has 18 heavy (non-hydrogen) atoms. The second-order valence-electron chi connectivity index (χ2n) is 6.30. The fourth-order valence-electron chi connectivity index (χ4n) is 2.71. The van der Waals surface area contributed by atoms with E-state index in [4.69, 9.17) is 0 Å². The molecule has 1 aromatic rings. The smallest absolute Gasteiger partial charge is 0.263 e. The molecule has 3 heteroatoms. The number of rotatable bonds is 4. The van der Waals surface area contributed by atoms with Gasteiger partial charge in [-0.15, -0.1) is 0 Å². The molecule has 1 aliphatic rings. The zero-order chi connectivity index (χ0) is 13.6. The summed E-state index contributed by atoms with van der Waals surface area (Å²) < 4.78 is 24.8. The highest BCUT2D eigenvalue weighted by molar-refractivity contribution is 5.24. The lowest BCUT2D eigenvalue weighted by atomic mass is 10.0. The third-order valence-corrected chi connectivity index (χ3v) is 4.76. The first-order chi connectivity index (χ1) is 8.26. The summed E-state index contributed by atoms with van der Waals surface area (Å²) in [4.78, 5) is 0. The van der Waals surface area contributed by atoms with Crippen LogP contribution in [0.2, 0.25) is 0 Å². The molecule has 0 unspecified atom stereocenters. The van der Waals surface area contributed by atoms with Crippen LogP contribution in [0, 0.1) is 10.8 Å². The van der Waals surface area contributed by atoms with Gasteiger partial charge in [0.15, 0.2) is 0 Å². The predicted molar refractivity (Wildman–Crippen MR) is 69.6 cm³/mol. The minimum atomic E-state index is -2.38. The molecule has 0 saturated heterocycles. The summed E-state index contributed by atoms with van der Waals surface area (Å²) in [7, 11) is 0. The molecule has 1 saturated carbocycles. The van der Waals surface area contributed by atoms with Gasteiger partial charge in [-0.05, 0) is 16.4 Å². The van der Waals surface area contributed by atoms with E-state index in [0.717, 1.165) is 12.1 Å². The number of halogens is 2. The van der Waals surface area contributed by atoms with Gasteiger partial charge in [-0.1, -0.05) is 52.0 Å². The number of alkyl halides is 2. The van der Waals surface area contributed by atoms with Crippen molar-refractivity contribution in [1.29, 1.82) is 0 Å². The van der Waals surface area contributed by atoms with E-state index in [9.17, 15) is 8.78 Å². The van der Waals surface area contributed by atoms with Crippen molar-refractivity contribution < 1.29 is 8.78 Å². The molecule has 1 N–H and O–H groups in total. The van der Waals surface area contributed by atoms with Gasteiger partial charge in [0.05, 0.1) is 0 Å². The highest BCUT2D eigenvalue weighted by Crippen LogP contribution is 2.62. The van der Waals surface area contributed by atoms with E-state index >= 15 is 0 Å².